The number of aromatic nitrogens is 4. The largest absolute Gasteiger partial charge is 0.368 e. The number of anilines is 2. The van der Waals surface area contributed by atoms with Crippen LogP contribution in [0, 0.1) is 0 Å². The minimum atomic E-state index is 0.256. The van der Waals surface area contributed by atoms with Crippen molar-refractivity contribution in [1.82, 2.24) is 24.6 Å². The molecule has 2 aliphatic rings. The summed E-state index contributed by atoms with van der Waals surface area (Å²) < 4.78 is 1.70. The lowest BCUT2D eigenvalue weighted by Gasteiger charge is -2.24. The zero-order valence-electron chi connectivity index (χ0n) is 12.6. The Balaban J connectivity index is 1.64. The quantitative estimate of drug-likeness (QED) is 0.848. The number of fused-ring (bicyclic) bond motifs is 1. The van der Waals surface area contributed by atoms with Crippen LogP contribution in [0.3, 0.4) is 0 Å². The summed E-state index contributed by atoms with van der Waals surface area (Å²) in [6, 6.07) is 0.276. The van der Waals surface area contributed by atoms with Gasteiger partial charge < -0.3 is 15.5 Å². The van der Waals surface area contributed by atoms with Crippen LogP contribution in [-0.2, 0) is 11.8 Å². The second kappa shape index (κ2) is 4.82. The first-order chi connectivity index (χ1) is 10.6. The number of hydrogen-bond acceptors (Lipinski definition) is 6. The highest BCUT2D eigenvalue weighted by molar-refractivity contribution is 5.88. The Hall–Kier alpha value is -2.38. The van der Waals surface area contributed by atoms with Crippen molar-refractivity contribution in [2.24, 2.45) is 7.05 Å². The van der Waals surface area contributed by atoms with Crippen molar-refractivity contribution in [1.29, 1.82) is 0 Å². The highest BCUT2D eigenvalue weighted by Gasteiger charge is 2.34. The van der Waals surface area contributed by atoms with Gasteiger partial charge in [-0.15, -0.1) is 0 Å². The van der Waals surface area contributed by atoms with Crippen molar-refractivity contribution < 1.29 is 4.79 Å². The predicted octanol–water partition coefficient (Wildman–Crippen LogP) is 0.147. The molecule has 2 saturated heterocycles. The number of nitrogen functional groups attached to an aromatic ring is 1. The van der Waals surface area contributed by atoms with E-state index in [1.54, 1.807) is 10.9 Å². The zero-order valence-corrected chi connectivity index (χ0v) is 12.6. The van der Waals surface area contributed by atoms with Gasteiger partial charge in [0, 0.05) is 33.1 Å². The lowest BCUT2D eigenvalue weighted by atomic mass is 10.2. The average molecular weight is 301 g/mol. The van der Waals surface area contributed by atoms with Gasteiger partial charge >= 0.3 is 0 Å². The molecule has 2 fully saturated rings. The summed E-state index contributed by atoms with van der Waals surface area (Å²) in [6.07, 6.45) is 4.41. The third-order valence-corrected chi connectivity index (χ3v) is 4.60. The zero-order chi connectivity index (χ0) is 15.3. The smallest absolute Gasteiger partial charge is 0.224 e. The van der Waals surface area contributed by atoms with E-state index in [4.69, 9.17) is 5.73 Å². The maximum absolute atomic E-state index is 11.9. The summed E-state index contributed by atoms with van der Waals surface area (Å²) in [5, 5.41) is 5.15. The molecule has 8 heteroatoms. The van der Waals surface area contributed by atoms with Crippen LogP contribution in [0.5, 0.6) is 0 Å². The van der Waals surface area contributed by atoms with Crippen molar-refractivity contribution in [3.63, 3.8) is 0 Å². The molecule has 8 nitrogen and oxygen atoms in total. The molecule has 1 unspecified atom stereocenters. The number of rotatable bonds is 2. The molecule has 116 valence electrons. The highest BCUT2D eigenvalue weighted by Crippen LogP contribution is 2.29. The van der Waals surface area contributed by atoms with Crippen LogP contribution in [0.4, 0.5) is 11.8 Å². The minimum Gasteiger partial charge on any atom is -0.368 e. The molecule has 2 N–H and O–H groups in total. The summed E-state index contributed by atoms with van der Waals surface area (Å²) in [4.78, 5) is 24.8. The van der Waals surface area contributed by atoms with Gasteiger partial charge in [0.1, 0.15) is 5.82 Å². The summed E-state index contributed by atoms with van der Waals surface area (Å²) in [6.45, 7) is 2.55. The molecule has 2 aromatic rings. The molecule has 0 aliphatic carbocycles. The van der Waals surface area contributed by atoms with Gasteiger partial charge in [-0.3, -0.25) is 9.48 Å². The van der Waals surface area contributed by atoms with Gasteiger partial charge in [0.25, 0.3) is 0 Å². The summed E-state index contributed by atoms with van der Waals surface area (Å²) in [5.74, 6) is 1.36. The standard InChI is InChI=1S/C14H19N7O/c1-19-12-10(7-16-19)13(18-14(15)17-12)20-6-4-9(8-20)21-5-2-3-11(21)22/h7,9H,2-6,8H2,1H3,(H2,15,17,18). The van der Waals surface area contributed by atoms with E-state index in [0.717, 1.165) is 49.3 Å². The SMILES string of the molecule is Cn1ncc2c(N3CCC(N4CCCC4=O)C3)nc(N)nc21. The van der Waals surface area contributed by atoms with Crippen LogP contribution < -0.4 is 10.6 Å². The number of nitrogens with two attached hydrogens (primary N) is 1. The average Bonchev–Trinajstić information content (AvgIpc) is 3.19. The maximum Gasteiger partial charge on any atom is 0.224 e. The van der Waals surface area contributed by atoms with Crippen LogP contribution in [-0.4, -0.2) is 56.2 Å². The predicted molar refractivity (Wildman–Crippen MR) is 82.3 cm³/mol. The maximum atomic E-state index is 11.9. The second-order valence-electron chi connectivity index (χ2n) is 5.99. The topological polar surface area (TPSA) is 93.2 Å². The van der Waals surface area contributed by atoms with Gasteiger partial charge in [0.15, 0.2) is 5.65 Å². The molecular weight excluding hydrogens is 282 g/mol. The van der Waals surface area contributed by atoms with Crippen molar-refractivity contribution in [3.8, 4) is 0 Å². The molecule has 0 aromatic carbocycles. The molecule has 1 atom stereocenters. The van der Waals surface area contributed by atoms with Crippen molar-refractivity contribution in [2.45, 2.75) is 25.3 Å². The number of carbonyl (C=O) groups excluding carboxylic acids is 1. The molecular formula is C14H19N7O. The Morgan fingerprint density at radius 2 is 2.18 bits per heavy atom. The van der Waals surface area contributed by atoms with Gasteiger partial charge in [0.05, 0.1) is 17.6 Å². The van der Waals surface area contributed by atoms with Crippen LogP contribution in [0.15, 0.2) is 6.20 Å². The summed E-state index contributed by atoms with van der Waals surface area (Å²) in [5.41, 5.74) is 6.58. The van der Waals surface area contributed by atoms with E-state index in [-0.39, 0.29) is 17.9 Å². The number of carbonyl (C=O) groups is 1. The lowest BCUT2D eigenvalue weighted by Crippen LogP contribution is -2.38. The highest BCUT2D eigenvalue weighted by atomic mass is 16.2. The van der Waals surface area contributed by atoms with Crippen LogP contribution in [0.25, 0.3) is 11.0 Å². The van der Waals surface area contributed by atoms with Crippen LogP contribution in [0.2, 0.25) is 0 Å². The Kier molecular flexibility index (Phi) is 2.91. The number of aryl methyl sites for hydroxylation is 1. The van der Waals surface area contributed by atoms with E-state index in [1.165, 1.54) is 0 Å². The molecule has 2 aliphatic heterocycles. The molecule has 2 aromatic heterocycles. The molecule has 4 heterocycles. The molecule has 0 saturated carbocycles. The fourth-order valence-electron chi connectivity index (χ4n) is 3.51. The number of amides is 1. The van der Waals surface area contributed by atoms with Gasteiger partial charge in [-0.1, -0.05) is 0 Å². The number of hydrogen-bond donors (Lipinski definition) is 1. The fraction of sp³-hybridized carbons (Fsp3) is 0.571. The summed E-state index contributed by atoms with van der Waals surface area (Å²) in [7, 11) is 1.84. The molecule has 22 heavy (non-hydrogen) atoms. The molecule has 1 amide bonds. The Morgan fingerprint density at radius 3 is 2.95 bits per heavy atom. The first-order valence-electron chi connectivity index (χ1n) is 7.63. The van der Waals surface area contributed by atoms with E-state index >= 15 is 0 Å². The first kappa shape index (κ1) is 13.3. The van der Waals surface area contributed by atoms with E-state index < -0.39 is 0 Å². The number of likely N-dealkylation sites (tertiary alicyclic amines) is 1. The van der Waals surface area contributed by atoms with E-state index in [0.29, 0.717) is 6.42 Å². The third kappa shape index (κ3) is 1.98. The fourth-order valence-corrected chi connectivity index (χ4v) is 3.51. The normalized spacial score (nSPS) is 22.2. The van der Waals surface area contributed by atoms with Crippen LogP contribution >= 0.6 is 0 Å². The Bertz CT molecular complexity index is 740. The van der Waals surface area contributed by atoms with Gasteiger partial charge in [-0.05, 0) is 12.8 Å². The second-order valence-corrected chi connectivity index (χ2v) is 5.99. The van der Waals surface area contributed by atoms with Crippen LogP contribution in [0.1, 0.15) is 19.3 Å². The first-order valence-corrected chi connectivity index (χ1v) is 7.63. The van der Waals surface area contributed by atoms with E-state index in [2.05, 4.69) is 20.0 Å². The monoisotopic (exact) mass is 301 g/mol. The lowest BCUT2D eigenvalue weighted by molar-refractivity contribution is -0.129. The Labute approximate surface area is 127 Å². The van der Waals surface area contributed by atoms with E-state index in [1.807, 2.05) is 11.9 Å². The summed E-state index contributed by atoms with van der Waals surface area (Å²) >= 11 is 0. The van der Waals surface area contributed by atoms with Crippen molar-refractivity contribution in [3.05, 3.63) is 6.20 Å². The number of nitrogens with zero attached hydrogens (tertiary/aromatic N) is 6. The Morgan fingerprint density at radius 1 is 1.32 bits per heavy atom. The molecule has 0 spiro atoms. The molecule has 0 bridgehead atoms. The van der Waals surface area contributed by atoms with Crippen molar-refractivity contribution in [2.75, 3.05) is 30.3 Å². The van der Waals surface area contributed by atoms with Crippen molar-refractivity contribution >= 4 is 28.7 Å². The van der Waals surface area contributed by atoms with Gasteiger partial charge in [-0.25, -0.2) is 0 Å². The minimum absolute atomic E-state index is 0.256. The molecule has 0 radical (unpaired) electrons. The molecule has 4 rings (SSSR count). The van der Waals surface area contributed by atoms with Gasteiger partial charge in [0.2, 0.25) is 11.9 Å². The van der Waals surface area contributed by atoms with Gasteiger partial charge in [-0.2, -0.15) is 15.1 Å². The van der Waals surface area contributed by atoms with E-state index in [9.17, 15) is 4.79 Å². The third-order valence-electron chi connectivity index (χ3n) is 4.60.